The Labute approximate surface area is 164 Å². The van der Waals surface area contributed by atoms with E-state index >= 15 is 0 Å². The molecule has 0 radical (unpaired) electrons. The lowest BCUT2D eigenvalue weighted by Gasteiger charge is -2.22. The number of halogens is 2. The molecule has 1 atom stereocenters. The number of amides is 4. The second-order valence-electron chi connectivity index (χ2n) is 6.65. The summed E-state index contributed by atoms with van der Waals surface area (Å²) in [6.45, 7) is 0.647. The molecule has 1 aliphatic heterocycles. The van der Waals surface area contributed by atoms with Crippen LogP contribution in [0.1, 0.15) is 18.1 Å². The first-order valence-electron chi connectivity index (χ1n) is 8.60. The highest BCUT2D eigenvalue weighted by Crippen LogP contribution is 2.31. The van der Waals surface area contributed by atoms with E-state index in [1.165, 1.54) is 6.92 Å². The molecule has 7 nitrogen and oxygen atoms in total. The molecule has 2 aromatic carbocycles. The minimum atomic E-state index is -1.83. The Morgan fingerprint density at radius 1 is 1.21 bits per heavy atom. The van der Waals surface area contributed by atoms with Crippen LogP contribution in [0.2, 0.25) is 0 Å². The van der Waals surface area contributed by atoms with E-state index in [0.29, 0.717) is 10.6 Å². The number of nitrogens with one attached hydrogen (secondary N) is 2. The van der Waals surface area contributed by atoms with E-state index in [1.807, 2.05) is 6.07 Å². The number of carbonyl (C=O) groups excluding carboxylic acids is 3. The predicted molar refractivity (Wildman–Crippen MR) is 98.3 cm³/mol. The van der Waals surface area contributed by atoms with Gasteiger partial charge in [-0.3, -0.25) is 14.5 Å². The topological polar surface area (TPSA) is 102 Å². The molecule has 4 amide bonds. The van der Waals surface area contributed by atoms with E-state index in [4.69, 9.17) is 5.26 Å². The average molecular weight is 398 g/mol. The molecule has 0 aliphatic carbocycles. The minimum absolute atomic E-state index is 0.228. The van der Waals surface area contributed by atoms with Crippen molar-refractivity contribution in [2.75, 3.05) is 11.9 Å². The predicted octanol–water partition coefficient (Wildman–Crippen LogP) is 2.44. The first-order valence-corrected chi connectivity index (χ1v) is 8.60. The fourth-order valence-corrected chi connectivity index (χ4v) is 3.05. The van der Waals surface area contributed by atoms with E-state index in [-0.39, 0.29) is 12.0 Å². The number of hydrogen-bond donors (Lipinski definition) is 2. The third kappa shape index (κ3) is 3.91. The first-order chi connectivity index (χ1) is 13.7. The van der Waals surface area contributed by atoms with Crippen LogP contribution in [-0.2, 0) is 21.5 Å². The third-order valence-corrected chi connectivity index (χ3v) is 4.56. The van der Waals surface area contributed by atoms with Crippen LogP contribution in [0.15, 0.2) is 42.5 Å². The van der Waals surface area contributed by atoms with Gasteiger partial charge in [0, 0.05) is 11.3 Å². The van der Waals surface area contributed by atoms with Gasteiger partial charge in [0.25, 0.3) is 5.91 Å². The molecule has 29 heavy (non-hydrogen) atoms. The molecule has 9 heteroatoms. The zero-order valence-electron chi connectivity index (χ0n) is 15.3. The van der Waals surface area contributed by atoms with Crippen LogP contribution in [0.4, 0.5) is 19.3 Å². The van der Waals surface area contributed by atoms with Crippen molar-refractivity contribution in [1.82, 2.24) is 10.2 Å². The molecule has 0 unspecified atom stereocenters. The van der Waals surface area contributed by atoms with E-state index < -0.39 is 41.6 Å². The van der Waals surface area contributed by atoms with Crippen molar-refractivity contribution in [3.8, 4) is 6.07 Å². The summed E-state index contributed by atoms with van der Waals surface area (Å²) in [5, 5.41) is 13.5. The summed E-state index contributed by atoms with van der Waals surface area (Å²) in [5.74, 6) is -3.14. The number of imide groups is 1. The molecule has 1 fully saturated rings. The second-order valence-corrected chi connectivity index (χ2v) is 6.65. The first kappa shape index (κ1) is 19.9. The lowest BCUT2D eigenvalue weighted by molar-refractivity contribution is -0.133. The molecule has 1 aliphatic rings. The van der Waals surface area contributed by atoms with E-state index in [1.54, 1.807) is 24.3 Å². The Balaban J connectivity index is 1.73. The summed E-state index contributed by atoms with van der Waals surface area (Å²) < 4.78 is 27.7. The van der Waals surface area contributed by atoms with Crippen molar-refractivity contribution in [3.63, 3.8) is 0 Å². The van der Waals surface area contributed by atoms with E-state index in [9.17, 15) is 23.2 Å². The quantitative estimate of drug-likeness (QED) is 0.755. The van der Waals surface area contributed by atoms with Gasteiger partial charge in [0.05, 0.1) is 12.5 Å². The van der Waals surface area contributed by atoms with Gasteiger partial charge >= 0.3 is 6.03 Å². The maximum atomic E-state index is 14.1. The number of rotatable bonds is 5. The summed E-state index contributed by atoms with van der Waals surface area (Å²) in [6.07, 6.45) is 0.228. The molecular weight excluding hydrogens is 382 g/mol. The van der Waals surface area contributed by atoms with Gasteiger partial charge in [-0.25, -0.2) is 13.6 Å². The van der Waals surface area contributed by atoms with Crippen LogP contribution in [0.25, 0.3) is 0 Å². The second kappa shape index (κ2) is 7.67. The fourth-order valence-electron chi connectivity index (χ4n) is 3.05. The van der Waals surface area contributed by atoms with Gasteiger partial charge in [-0.15, -0.1) is 0 Å². The van der Waals surface area contributed by atoms with Crippen molar-refractivity contribution in [3.05, 3.63) is 65.2 Å². The van der Waals surface area contributed by atoms with Gasteiger partial charge in [-0.05, 0) is 42.8 Å². The normalized spacial score (nSPS) is 18.3. The van der Waals surface area contributed by atoms with E-state index in [0.717, 1.165) is 23.8 Å². The number of carbonyl (C=O) groups is 3. The van der Waals surface area contributed by atoms with Crippen molar-refractivity contribution >= 4 is 23.5 Å². The molecule has 1 saturated heterocycles. The highest BCUT2D eigenvalue weighted by Gasteiger charge is 2.50. The Morgan fingerprint density at radius 3 is 2.55 bits per heavy atom. The lowest BCUT2D eigenvalue weighted by atomic mass is 9.91. The van der Waals surface area contributed by atoms with Crippen LogP contribution in [0.5, 0.6) is 0 Å². The van der Waals surface area contributed by atoms with Gasteiger partial charge in [-0.2, -0.15) is 5.26 Å². The fraction of sp³-hybridized carbons (Fsp3) is 0.200. The molecule has 1 heterocycles. The third-order valence-electron chi connectivity index (χ3n) is 4.56. The van der Waals surface area contributed by atoms with Crippen LogP contribution in [0.3, 0.4) is 0 Å². The van der Waals surface area contributed by atoms with Gasteiger partial charge in [-0.1, -0.05) is 12.1 Å². The number of anilines is 1. The molecule has 0 aromatic heterocycles. The Kier molecular flexibility index (Phi) is 5.28. The van der Waals surface area contributed by atoms with Crippen molar-refractivity contribution in [2.24, 2.45) is 0 Å². The van der Waals surface area contributed by atoms with Gasteiger partial charge in [0.15, 0.2) is 0 Å². The summed E-state index contributed by atoms with van der Waals surface area (Å²) in [6, 6.07) is 10.2. The Morgan fingerprint density at radius 2 is 1.90 bits per heavy atom. The number of nitriles is 1. The van der Waals surface area contributed by atoms with E-state index in [2.05, 4.69) is 10.6 Å². The van der Waals surface area contributed by atoms with Crippen LogP contribution >= 0.6 is 0 Å². The lowest BCUT2D eigenvalue weighted by Crippen LogP contribution is -2.42. The molecule has 2 aromatic rings. The summed E-state index contributed by atoms with van der Waals surface area (Å²) in [5.41, 5.74) is -0.968. The maximum Gasteiger partial charge on any atom is 0.325 e. The van der Waals surface area contributed by atoms with Crippen molar-refractivity contribution in [2.45, 2.75) is 18.9 Å². The minimum Gasteiger partial charge on any atom is -0.325 e. The molecule has 148 valence electrons. The van der Waals surface area contributed by atoms with Gasteiger partial charge in [0.2, 0.25) is 5.91 Å². The highest BCUT2D eigenvalue weighted by atomic mass is 19.1. The Bertz CT molecular complexity index is 1030. The zero-order valence-corrected chi connectivity index (χ0v) is 15.3. The largest absolute Gasteiger partial charge is 0.325 e. The smallest absolute Gasteiger partial charge is 0.325 e. The van der Waals surface area contributed by atoms with Crippen molar-refractivity contribution < 1.29 is 23.2 Å². The molecule has 3 rings (SSSR count). The molecule has 0 spiro atoms. The summed E-state index contributed by atoms with van der Waals surface area (Å²) >= 11 is 0. The SMILES string of the molecule is C[C@@]1(c2cc(F)ccc2F)NC(=O)N(CC(=O)Nc2ccc(CC#N)cc2)C1=O. The van der Waals surface area contributed by atoms with Crippen LogP contribution in [-0.4, -0.2) is 29.3 Å². The summed E-state index contributed by atoms with van der Waals surface area (Å²) in [7, 11) is 0. The van der Waals surface area contributed by atoms with Gasteiger partial charge < -0.3 is 10.6 Å². The molecule has 2 N–H and O–H groups in total. The molecule has 0 bridgehead atoms. The number of benzene rings is 2. The zero-order chi connectivity index (χ0) is 21.2. The Hall–Kier alpha value is -3.80. The summed E-state index contributed by atoms with van der Waals surface area (Å²) in [4.78, 5) is 37.9. The number of hydrogen-bond acceptors (Lipinski definition) is 4. The monoisotopic (exact) mass is 398 g/mol. The van der Waals surface area contributed by atoms with Crippen LogP contribution in [0, 0.1) is 23.0 Å². The number of urea groups is 1. The number of nitrogens with zero attached hydrogens (tertiary/aromatic N) is 2. The maximum absolute atomic E-state index is 14.1. The highest BCUT2D eigenvalue weighted by molar-refractivity contribution is 6.10. The average Bonchev–Trinajstić information content (AvgIpc) is 2.89. The standard InChI is InChI=1S/C20H16F2N4O3/c1-20(15-10-13(21)4-7-16(15)22)18(28)26(19(29)25-20)11-17(27)24-14-5-2-12(3-6-14)8-9-23/h2-7,10H,8,11H2,1H3,(H,24,27)(H,25,29)/t20-/m0/s1. The van der Waals surface area contributed by atoms with Gasteiger partial charge in [0.1, 0.15) is 23.7 Å². The molecular formula is C20H16F2N4O3. The van der Waals surface area contributed by atoms with Crippen molar-refractivity contribution in [1.29, 1.82) is 5.26 Å². The van der Waals surface area contributed by atoms with Crippen LogP contribution < -0.4 is 10.6 Å². The molecule has 0 saturated carbocycles.